The van der Waals surface area contributed by atoms with E-state index in [1.54, 1.807) is 22.8 Å². The lowest BCUT2D eigenvalue weighted by molar-refractivity contribution is 0.354. The number of piperidine rings is 1. The molecule has 0 radical (unpaired) electrons. The molecule has 1 aromatic heterocycles. The van der Waals surface area contributed by atoms with Crippen molar-refractivity contribution in [2.24, 2.45) is 11.8 Å². The number of sulfone groups is 1. The standard InChI is InChI=1S/C26H31FN2O3S/c1-5-19-7-9-20(10-8-19)33(31,32)25-16-28(6-2)23-13-24(22(27)12-21(23)26(25)30)29-14-17(3)11-18(4)15-29/h7-10,12-13,16-18H,5-6,11,14-15H2,1-4H3/t17-,18+. The maximum absolute atomic E-state index is 15.3. The van der Waals surface area contributed by atoms with Gasteiger partial charge in [-0.2, -0.15) is 0 Å². The maximum Gasteiger partial charge on any atom is 0.211 e. The Bertz CT molecular complexity index is 1340. The minimum atomic E-state index is -4.04. The van der Waals surface area contributed by atoms with Gasteiger partial charge in [-0.25, -0.2) is 12.8 Å². The van der Waals surface area contributed by atoms with Gasteiger partial charge in [0.15, 0.2) is 0 Å². The smallest absolute Gasteiger partial charge is 0.211 e. The third kappa shape index (κ3) is 4.31. The molecule has 1 aliphatic heterocycles. The van der Waals surface area contributed by atoms with Crippen LogP contribution in [-0.2, 0) is 22.8 Å². The molecule has 1 saturated heterocycles. The van der Waals surface area contributed by atoms with Crippen molar-refractivity contribution < 1.29 is 12.8 Å². The highest BCUT2D eigenvalue weighted by atomic mass is 32.2. The number of anilines is 1. The van der Waals surface area contributed by atoms with E-state index >= 15 is 4.39 Å². The Kier molecular flexibility index (Phi) is 6.36. The predicted octanol–water partition coefficient (Wildman–Crippen LogP) is 5.04. The monoisotopic (exact) mass is 470 g/mol. The van der Waals surface area contributed by atoms with Gasteiger partial charge in [0.05, 0.1) is 21.5 Å². The molecule has 176 valence electrons. The molecule has 2 heterocycles. The van der Waals surface area contributed by atoms with E-state index in [2.05, 4.69) is 13.8 Å². The Hall–Kier alpha value is -2.67. The predicted molar refractivity (Wildman–Crippen MR) is 130 cm³/mol. The van der Waals surface area contributed by atoms with Gasteiger partial charge in [-0.05, 0) is 61.4 Å². The van der Waals surface area contributed by atoms with E-state index in [1.165, 1.54) is 24.4 Å². The van der Waals surface area contributed by atoms with Crippen molar-refractivity contribution in [1.82, 2.24) is 4.57 Å². The van der Waals surface area contributed by atoms with E-state index in [1.807, 2.05) is 18.7 Å². The summed E-state index contributed by atoms with van der Waals surface area (Å²) in [6.07, 6.45) is 3.29. The minimum Gasteiger partial charge on any atom is -0.369 e. The van der Waals surface area contributed by atoms with Crippen molar-refractivity contribution in [1.29, 1.82) is 0 Å². The van der Waals surface area contributed by atoms with Gasteiger partial charge in [0, 0.05) is 25.8 Å². The van der Waals surface area contributed by atoms with Crippen molar-refractivity contribution in [3.05, 3.63) is 64.2 Å². The Morgan fingerprint density at radius 1 is 1.03 bits per heavy atom. The van der Waals surface area contributed by atoms with Crippen LogP contribution in [0.5, 0.6) is 0 Å². The van der Waals surface area contributed by atoms with Crippen molar-refractivity contribution in [3.8, 4) is 0 Å². The number of pyridine rings is 1. The van der Waals surface area contributed by atoms with E-state index < -0.39 is 21.1 Å². The third-order valence-corrected chi connectivity index (χ3v) is 8.36. The van der Waals surface area contributed by atoms with Crippen LogP contribution in [0.1, 0.15) is 39.7 Å². The second-order valence-electron chi connectivity index (χ2n) is 9.28. The molecular formula is C26H31FN2O3S. The first-order chi connectivity index (χ1) is 15.6. The number of benzene rings is 2. The van der Waals surface area contributed by atoms with Crippen molar-refractivity contribution in [3.63, 3.8) is 0 Å². The number of halogens is 1. The van der Waals surface area contributed by atoms with Crippen molar-refractivity contribution in [2.45, 2.75) is 56.9 Å². The summed E-state index contributed by atoms with van der Waals surface area (Å²) in [6, 6.07) is 9.46. The van der Waals surface area contributed by atoms with Crippen LogP contribution in [0.2, 0.25) is 0 Å². The Balaban J connectivity index is 1.88. The second-order valence-corrected chi connectivity index (χ2v) is 11.2. The summed E-state index contributed by atoms with van der Waals surface area (Å²) in [4.78, 5) is 15.1. The molecule has 7 heteroatoms. The number of hydrogen-bond donors (Lipinski definition) is 0. The zero-order valence-corrected chi connectivity index (χ0v) is 20.5. The van der Waals surface area contributed by atoms with E-state index in [0.717, 1.165) is 31.5 Å². The number of hydrogen-bond acceptors (Lipinski definition) is 4. The topological polar surface area (TPSA) is 59.4 Å². The molecule has 5 nitrogen and oxygen atoms in total. The molecule has 0 saturated carbocycles. The third-order valence-electron chi connectivity index (χ3n) is 6.60. The fraction of sp³-hybridized carbons (Fsp3) is 0.423. The molecule has 1 aliphatic rings. The van der Waals surface area contributed by atoms with Crippen LogP contribution in [0.4, 0.5) is 10.1 Å². The quantitative estimate of drug-likeness (QED) is 0.524. The van der Waals surface area contributed by atoms with Crippen molar-refractivity contribution >= 4 is 26.4 Å². The molecule has 4 rings (SSSR count). The largest absolute Gasteiger partial charge is 0.369 e. The zero-order chi connectivity index (χ0) is 23.9. The molecule has 3 aromatic rings. The second kappa shape index (κ2) is 8.93. The summed E-state index contributed by atoms with van der Waals surface area (Å²) in [7, 11) is -4.04. The maximum atomic E-state index is 15.3. The van der Waals surface area contributed by atoms with Crippen LogP contribution < -0.4 is 10.3 Å². The molecule has 0 unspecified atom stereocenters. The average Bonchev–Trinajstić information content (AvgIpc) is 2.78. The van der Waals surface area contributed by atoms with Crippen LogP contribution in [0, 0.1) is 17.7 Å². The Morgan fingerprint density at radius 2 is 1.67 bits per heavy atom. The van der Waals surface area contributed by atoms with Crippen LogP contribution in [0.25, 0.3) is 10.9 Å². The van der Waals surface area contributed by atoms with Crippen LogP contribution in [-0.4, -0.2) is 26.1 Å². The molecule has 0 spiro atoms. The molecular weight excluding hydrogens is 439 g/mol. The summed E-state index contributed by atoms with van der Waals surface area (Å²) in [5, 5.41) is 0.0856. The van der Waals surface area contributed by atoms with Crippen molar-refractivity contribution in [2.75, 3.05) is 18.0 Å². The molecule has 0 bridgehead atoms. The van der Waals surface area contributed by atoms with E-state index in [-0.39, 0.29) is 15.2 Å². The molecule has 0 N–H and O–H groups in total. The van der Waals surface area contributed by atoms with Gasteiger partial charge in [0.1, 0.15) is 10.7 Å². The van der Waals surface area contributed by atoms with Gasteiger partial charge in [-0.3, -0.25) is 4.79 Å². The Morgan fingerprint density at radius 3 is 2.24 bits per heavy atom. The fourth-order valence-corrected chi connectivity index (χ4v) is 6.33. The summed E-state index contributed by atoms with van der Waals surface area (Å²) < 4.78 is 43.6. The summed E-state index contributed by atoms with van der Waals surface area (Å²) in [6.45, 7) is 10.1. The van der Waals surface area contributed by atoms with Gasteiger partial charge in [-0.1, -0.05) is 32.9 Å². The lowest BCUT2D eigenvalue weighted by atomic mass is 9.91. The normalized spacial score (nSPS) is 19.2. The van der Waals surface area contributed by atoms with E-state index in [4.69, 9.17) is 0 Å². The van der Waals surface area contributed by atoms with Crippen LogP contribution in [0.15, 0.2) is 57.2 Å². The highest BCUT2D eigenvalue weighted by Crippen LogP contribution is 2.31. The highest BCUT2D eigenvalue weighted by Gasteiger charge is 2.27. The van der Waals surface area contributed by atoms with Gasteiger partial charge < -0.3 is 9.47 Å². The summed E-state index contributed by atoms with van der Waals surface area (Å²) in [5.41, 5.74) is 1.35. The van der Waals surface area contributed by atoms with E-state index in [0.29, 0.717) is 29.6 Å². The molecule has 2 aromatic carbocycles. The van der Waals surface area contributed by atoms with Crippen LogP contribution >= 0.6 is 0 Å². The highest BCUT2D eigenvalue weighted by molar-refractivity contribution is 7.91. The molecule has 0 aliphatic carbocycles. The van der Waals surface area contributed by atoms with Gasteiger partial charge in [0.25, 0.3) is 0 Å². The van der Waals surface area contributed by atoms with Gasteiger partial charge in [0.2, 0.25) is 15.3 Å². The number of aromatic nitrogens is 1. The van der Waals surface area contributed by atoms with Gasteiger partial charge in [-0.15, -0.1) is 0 Å². The minimum absolute atomic E-state index is 0.0622. The first kappa shape index (κ1) is 23.5. The molecule has 2 atom stereocenters. The molecule has 0 amide bonds. The number of aryl methyl sites for hydroxylation is 2. The molecule has 1 fully saturated rings. The van der Waals surface area contributed by atoms with Crippen LogP contribution in [0.3, 0.4) is 0 Å². The number of nitrogens with zero attached hydrogens (tertiary/aromatic N) is 2. The summed E-state index contributed by atoms with van der Waals surface area (Å²) in [5.74, 6) is 0.401. The first-order valence-corrected chi connectivity index (χ1v) is 13.1. The SMILES string of the molecule is CCc1ccc(S(=O)(=O)c2cn(CC)c3cc(N4C[C@H](C)C[C@H](C)C4)c(F)cc3c2=O)cc1. The fourth-order valence-electron chi connectivity index (χ4n) is 4.96. The Labute approximate surface area is 194 Å². The average molecular weight is 471 g/mol. The van der Waals surface area contributed by atoms with E-state index in [9.17, 15) is 13.2 Å². The van der Waals surface area contributed by atoms with Gasteiger partial charge >= 0.3 is 0 Å². The lowest BCUT2D eigenvalue weighted by Gasteiger charge is -2.37. The molecule has 33 heavy (non-hydrogen) atoms. The number of fused-ring (bicyclic) bond motifs is 1. The summed E-state index contributed by atoms with van der Waals surface area (Å²) >= 11 is 0. The first-order valence-electron chi connectivity index (χ1n) is 11.6. The number of rotatable bonds is 5. The zero-order valence-electron chi connectivity index (χ0n) is 19.6. The lowest BCUT2D eigenvalue weighted by Crippen LogP contribution is -2.39.